The summed E-state index contributed by atoms with van der Waals surface area (Å²) in [6.07, 6.45) is 10.1. The molecule has 0 saturated heterocycles. The molecule has 2 aromatic carbocycles. The Morgan fingerprint density at radius 3 is 1.88 bits per heavy atom. The van der Waals surface area contributed by atoms with Gasteiger partial charge in [0, 0.05) is 17.4 Å². The lowest BCUT2D eigenvalue weighted by atomic mass is 9.89. The summed E-state index contributed by atoms with van der Waals surface area (Å²) >= 11 is 0. The number of rotatable bonds is 3. The summed E-state index contributed by atoms with van der Waals surface area (Å²) in [6, 6.07) is 18.8. The van der Waals surface area contributed by atoms with E-state index in [0.29, 0.717) is 11.8 Å². The van der Waals surface area contributed by atoms with E-state index in [0.717, 1.165) is 12.0 Å². The predicted octanol–water partition coefficient (Wildman–Crippen LogP) is 5.56. The highest BCUT2D eigenvalue weighted by molar-refractivity contribution is 5.98. The summed E-state index contributed by atoms with van der Waals surface area (Å²) < 4.78 is 0. The Bertz CT molecular complexity index is 851. The molecule has 2 aliphatic rings. The lowest BCUT2D eigenvalue weighted by Crippen LogP contribution is -1.98. The number of benzene rings is 2. The van der Waals surface area contributed by atoms with Crippen LogP contribution in [0.15, 0.2) is 78.9 Å². The summed E-state index contributed by atoms with van der Waals surface area (Å²) in [5.74, 6) is 1.00. The number of hydrogen-bond donors (Lipinski definition) is 0. The van der Waals surface area contributed by atoms with Gasteiger partial charge in [0.25, 0.3) is 0 Å². The van der Waals surface area contributed by atoms with E-state index in [1.807, 2.05) is 12.1 Å². The van der Waals surface area contributed by atoms with Gasteiger partial charge in [0.15, 0.2) is 5.78 Å². The molecule has 1 nitrogen and oxygen atoms in total. The zero-order chi connectivity index (χ0) is 16.5. The van der Waals surface area contributed by atoms with E-state index < -0.39 is 0 Å². The van der Waals surface area contributed by atoms with Crippen LogP contribution in [0.25, 0.3) is 11.1 Å². The molecule has 0 aromatic heterocycles. The van der Waals surface area contributed by atoms with E-state index in [2.05, 4.69) is 66.8 Å². The molecule has 2 aromatic rings. The van der Waals surface area contributed by atoms with Crippen LogP contribution >= 0.6 is 0 Å². The maximum absolute atomic E-state index is 11.6. The molecule has 0 saturated carbocycles. The molecule has 2 aliphatic carbocycles. The standard InChI is InChI=1S/C23H20O/c1-16(24)17-11-13-19(14-12-17)23-21-10-6-5-9-20(15-21)22(23)18-7-3-2-4-8-18/h2-14,20-21H,15H2,1H3/t20-,21?/m1/s1. The van der Waals surface area contributed by atoms with Gasteiger partial charge in [-0.2, -0.15) is 0 Å². The highest BCUT2D eigenvalue weighted by Gasteiger charge is 2.33. The number of carbonyl (C=O) groups is 1. The van der Waals surface area contributed by atoms with Crippen LogP contribution < -0.4 is 0 Å². The van der Waals surface area contributed by atoms with Crippen molar-refractivity contribution < 1.29 is 4.79 Å². The fraction of sp³-hybridized carbons (Fsp3) is 0.174. The van der Waals surface area contributed by atoms with Crippen molar-refractivity contribution in [2.75, 3.05) is 0 Å². The molecular weight excluding hydrogens is 292 g/mol. The molecule has 0 spiro atoms. The molecule has 0 heterocycles. The molecular formula is C23H20O. The first-order valence-corrected chi connectivity index (χ1v) is 8.50. The Balaban J connectivity index is 1.88. The van der Waals surface area contributed by atoms with Crippen LogP contribution in [0.2, 0.25) is 0 Å². The third-order valence-electron chi connectivity index (χ3n) is 5.02. The number of ketones is 1. The van der Waals surface area contributed by atoms with Gasteiger partial charge in [-0.25, -0.2) is 0 Å². The van der Waals surface area contributed by atoms with Crippen LogP contribution in [0.3, 0.4) is 0 Å². The van der Waals surface area contributed by atoms with E-state index in [1.54, 1.807) is 6.92 Å². The topological polar surface area (TPSA) is 17.1 Å². The van der Waals surface area contributed by atoms with Crippen molar-refractivity contribution >= 4 is 16.9 Å². The quantitative estimate of drug-likeness (QED) is 0.678. The van der Waals surface area contributed by atoms with Gasteiger partial charge in [-0.1, -0.05) is 78.9 Å². The van der Waals surface area contributed by atoms with Gasteiger partial charge in [0.05, 0.1) is 0 Å². The third-order valence-corrected chi connectivity index (χ3v) is 5.02. The van der Waals surface area contributed by atoms with Gasteiger partial charge in [-0.05, 0) is 35.6 Å². The van der Waals surface area contributed by atoms with Gasteiger partial charge in [0.2, 0.25) is 0 Å². The maximum atomic E-state index is 11.6. The first-order valence-electron chi connectivity index (χ1n) is 8.50. The average molecular weight is 312 g/mol. The van der Waals surface area contributed by atoms with Crippen LogP contribution in [0, 0.1) is 11.8 Å². The van der Waals surface area contributed by atoms with Crippen LogP contribution in [0.1, 0.15) is 34.8 Å². The second-order valence-electron chi connectivity index (χ2n) is 6.55. The van der Waals surface area contributed by atoms with E-state index in [1.165, 1.54) is 22.3 Å². The number of carbonyl (C=O) groups excluding carboxylic acids is 1. The fourth-order valence-corrected chi connectivity index (χ4v) is 3.90. The van der Waals surface area contributed by atoms with E-state index in [-0.39, 0.29) is 5.78 Å². The minimum Gasteiger partial charge on any atom is -0.295 e. The van der Waals surface area contributed by atoms with Crippen molar-refractivity contribution in [1.82, 2.24) is 0 Å². The SMILES string of the molecule is CC(=O)c1ccc(C2=C(c3ccccc3)[C@@H]3C=CC=CC2C3)cc1. The number of Topliss-reactive ketones (excluding diaryl/α,β-unsaturated/α-hetero) is 1. The Morgan fingerprint density at radius 2 is 1.33 bits per heavy atom. The van der Waals surface area contributed by atoms with Crippen molar-refractivity contribution in [3.8, 4) is 0 Å². The summed E-state index contributed by atoms with van der Waals surface area (Å²) in [4.78, 5) is 11.6. The first kappa shape index (κ1) is 14.9. The fourth-order valence-electron chi connectivity index (χ4n) is 3.90. The monoisotopic (exact) mass is 312 g/mol. The molecule has 1 heteroatoms. The Hall–Kier alpha value is -2.67. The molecule has 24 heavy (non-hydrogen) atoms. The zero-order valence-electron chi connectivity index (χ0n) is 13.8. The molecule has 0 radical (unpaired) electrons. The molecule has 4 rings (SSSR count). The number of fused-ring (bicyclic) bond motifs is 2. The summed E-state index contributed by atoms with van der Waals surface area (Å²) in [6.45, 7) is 1.62. The normalized spacial score (nSPS) is 21.9. The Kier molecular flexibility index (Phi) is 3.78. The van der Waals surface area contributed by atoms with Gasteiger partial charge in [0.1, 0.15) is 0 Å². The highest BCUT2D eigenvalue weighted by atomic mass is 16.1. The van der Waals surface area contributed by atoms with Crippen LogP contribution in [0.4, 0.5) is 0 Å². The smallest absolute Gasteiger partial charge is 0.159 e. The van der Waals surface area contributed by atoms with Gasteiger partial charge in [-0.15, -0.1) is 0 Å². The Morgan fingerprint density at radius 1 is 0.792 bits per heavy atom. The van der Waals surface area contributed by atoms with Crippen LogP contribution in [-0.4, -0.2) is 5.78 Å². The second-order valence-corrected chi connectivity index (χ2v) is 6.55. The van der Waals surface area contributed by atoms with Crippen LogP contribution in [0.5, 0.6) is 0 Å². The summed E-state index contributed by atoms with van der Waals surface area (Å²) in [7, 11) is 0. The van der Waals surface area contributed by atoms with Gasteiger partial charge < -0.3 is 0 Å². The first-order chi connectivity index (χ1) is 11.7. The second kappa shape index (κ2) is 6.09. The summed E-state index contributed by atoms with van der Waals surface area (Å²) in [5.41, 5.74) is 6.13. The van der Waals surface area contributed by atoms with Gasteiger partial charge in [-0.3, -0.25) is 4.79 Å². The molecule has 118 valence electrons. The largest absolute Gasteiger partial charge is 0.295 e. The third kappa shape index (κ3) is 2.56. The molecule has 0 amide bonds. The maximum Gasteiger partial charge on any atom is 0.159 e. The average Bonchev–Trinajstić information content (AvgIpc) is 2.79. The lowest BCUT2D eigenvalue weighted by Gasteiger charge is -2.15. The van der Waals surface area contributed by atoms with Crippen molar-refractivity contribution in [2.24, 2.45) is 11.8 Å². The number of hydrogen-bond acceptors (Lipinski definition) is 1. The van der Waals surface area contributed by atoms with E-state index in [4.69, 9.17) is 0 Å². The van der Waals surface area contributed by atoms with Crippen molar-refractivity contribution in [3.05, 3.63) is 95.6 Å². The van der Waals surface area contributed by atoms with E-state index >= 15 is 0 Å². The molecule has 2 bridgehead atoms. The number of allylic oxidation sites excluding steroid dienone is 6. The molecule has 0 fully saturated rings. The minimum atomic E-state index is 0.114. The zero-order valence-corrected chi connectivity index (χ0v) is 13.8. The lowest BCUT2D eigenvalue weighted by molar-refractivity contribution is 0.101. The predicted molar refractivity (Wildman–Crippen MR) is 99.6 cm³/mol. The van der Waals surface area contributed by atoms with Gasteiger partial charge >= 0.3 is 0 Å². The highest BCUT2D eigenvalue weighted by Crippen LogP contribution is 2.49. The Labute approximate surface area is 143 Å². The molecule has 0 aliphatic heterocycles. The van der Waals surface area contributed by atoms with E-state index in [9.17, 15) is 4.79 Å². The van der Waals surface area contributed by atoms with Crippen molar-refractivity contribution in [1.29, 1.82) is 0 Å². The van der Waals surface area contributed by atoms with Crippen molar-refractivity contribution in [3.63, 3.8) is 0 Å². The molecule has 2 atom stereocenters. The molecule has 0 N–H and O–H groups in total. The van der Waals surface area contributed by atoms with Crippen molar-refractivity contribution in [2.45, 2.75) is 13.3 Å². The van der Waals surface area contributed by atoms with Crippen LogP contribution in [-0.2, 0) is 0 Å². The summed E-state index contributed by atoms with van der Waals surface area (Å²) in [5, 5.41) is 0. The minimum absolute atomic E-state index is 0.114. The molecule has 1 unspecified atom stereocenters.